The average Bonchev–Trinajstić information content (AvgIpc) is 3.48. The summed E-state index contributed by atoms with van der Waals surface area (Å²) in [5.74, 6) is 0. The Labute approximate surface area is 189 Å². The van der Waals surface area contributed by atoms with Gasteiger partial charge in [-0.2, -0.15) is 5.10 Å². The van der Waals surface area contributed by atoms with Gasteiger partial charge in [0.05, 0.1) is 40.2 Å². The summed E-state index contributed by atoms with van der Waals surface area (Å²) in [7, 11) is 3.99. The maximum Gasteiger partial charge on any atom is 0.135 e. The number of H-pyrrole nitrogens is 2. The van der Waals surface area contributed by atoms with Gasteiger partial charge in [0.1, 0.15) is 11.2 Å². The quantitative estimate of drug-likeness (QED) is 0.419. The van der Waals surface area contributed by atoms with E-state index in [9.17, 15) is 0 Å². The van der Waals surface area contributed by atoms with Crippen molar-refractivity contribution in [2.24, 2.45) is 0 Å². The maximum atomic E-state index is 4.93. The number of nitrogens with one attached hydrogen (secondary N) is 2. The molecule has 0 unspecified atom stereocenters. The fraction of sp³-hybridized carbons (Fsp3) is 0.0800. The van der Waals surface area contributed by atoms with Crippen LogP contribution in [0.4, 0.5) is 5.69 Å². The fourth-order valence-electron chi connectivity index (χ4n) is 3.95. The SMILES string of the molecule is CN(C)c1cncc(-c2ccc3[nH]nc(-c4cc5c(-c6ccccn6)nccc5[nH]4)c3n2)c1. The molecule has 0 atom stereocenters. The first-order chi connectivity index (χ1) is 16.2. The van der Waals surface area contributed by atoms with E-state index >= 15 is 0 Å². The summed E-state index contributed by atoms with van der Waals surface area (Å²) >= 11 is 0. The van der Waals surface area contributed by atoms with Crippen molar-refractivity contribution in [1.82, 2.24) is 35.1 Å². The van der Waals surface area contributed by atoms with Crippen LogP contribution in [-0.4, -0.2) is 49.2 Å². The molecular weight excluding hydrogens is 412 g/mol. The van der Waals surface area contributed by atoms with E-state index in [4.69, 9.17) is 4.98 Å². The second-order valence-corrected chi connectivity index (χ2v) is 8.01. The molecule has 6 rings (SSSR count). The summed E-state index contributed by atoms with van der Waals surface area (Å²) in [5.41, 5.74) is 8.72. The molecule has 0 aliphatic carbocycles. The zero-order valence-electron chi connectivity index (χ0n) is 18.1. The minimum absolute atomic E-state index is 0.756. The maximum absolute atomic E-state index is 4.93. The Morgan fingerprint density at radius 1 is 0.818 bits per heavy atom. The molecule has 0 saturated carbocycles. The largest absolute Gasteiger partial charge is 0.376 e. The van der Waals surface area contributed by atoms with E-state index in [1.807, 2.05) is 67.8 Å². The molecule has 6 heterocycles. The Morgan fingerprint density at radius 2 is 1.76 bits per heavy atom. The van der Waals surface area contributed by atoms with E-state index in [1.54, 1.807) is 12.4 Å². The molecule has 0 fully saturated rings. The third-order valence-electron chi connectivity index (χ3n) is 5.65. The lowest BCUT2D eigenvalue weighted by atomic mass is 10.1. The normalized spacial score (nSPS) is 11.3. The van der Waals surface area contributed by atoms with Gasteiger partial charge in [0.15, 0.2) is 0 Å². The third kappa shape index (κ3) is 3.28. The second-order valence-electron chi connectivity index (χ2n) is 8.01. The number of aromatic amines is 2. The van der Waals surface area contributed by atoms with Crippen molar-refractivity contribution in [2.45, 2.75) is 0 Å². The number of anilines is 1. The average molecular weight is 432 g/mol. The van der Waals surface area contributed by atoms with Crippen molar-refractivity contribution in [3.8, 4) is 34.0 Å². The van der Waals surface area contributed by atoms with Crippen LogP contribution in [0.1, 0.15) is 0 Å². The van der Waals surface area contributed by atoms with Crippen molar-refractivity contribution in [1.29, 1.82) is 0 Å². The van der Waals surface area contributed by atoms with Gasteiger partial charge in [-0.25, -0.2) is 4.98 Å². The molecule has 0 spiro atoms. The van der Waals surface area contributed by atoms with E-state index in [0.717, 1.165) is 61.7 Å². The van der Waals surface area contributed by atoms with Crippen molar-refractivity contribution in [2.75, 3.05) is 19.0 Å². The highest BCUT2D eigenvalue weighted by Gasteiger charge is 2.16. The minimum Gasteiger partial charge on any atom is -0.376 e. The summed E-state index contributed by atoms with van der Waals surface area (Å²) in [5, 5.41) is 8.65. The van der Waals surface area contributed by atoms with Gasteiger partial charge in [-0.1, -0.05) is 6.07 Å². The number of hydrogen-bond donors (Lipinski definition) is 2. The lowest BCUT2D eigenvalue weighted by molar-refractivity contribution is 1.11. The van der Waals surface area contributed by atoms with E-state index in [-0.39, 0.29) is 0 Å². The zero-order valence-corrected chi connectivity index (χ0v) is 18.1. The Balaban J connectivity index is 1.48. The molecule has 6 aromatic heterocycles. The number of hydrogen-bond acceptors (Lipinski definition) is 6. The standard InChI is InChI=1S/C25H20N8/c1-33(2)16-11-15(13-26-14-16)18-6-7-21-24(30-18)25(32-31-21)22-12-17-19(29-22)8-10-28-23(17)20-5-3-4-9-27-20/h3-14,29H,1-2H3,(H,31,32). The van der Waals surface area contributed by atoms with Gasteiger partial charge in [-0.3, -0.25) is 20.1 Å². The van der Waals surface area contributed by atoms with Crippen molar-refractivity contribution in [3.05, 3.63) is 73.3 Å². The monoisotopic (exact) mass is 432 g/mol. The summed E-state index contributed by atoms with van der Waals surface area (Å²) in [6.45, 7) is 0. The van der Waals surface area contributed by atoms with Crippen molar-refractivity contribution in [3.63, 3.8) is 0 Å². The summed E-state index contributed by atoms with van der Waals surface area (Å²) in [6.07, 6.45) is 7.23. The van der Waals surface area contributed by atoms with Crippen molar-refractivity contribution >= 4 is 27.6 Å². The molecule has 0 aromatic carbocycles. The van der Waals surface area contributed by atoms with E-state index in [0.29, 0.717) is 0 Å². The van der Waals surface area contributed by atoms with Crippen LogP contribution in [0, 0.1) is 0 Å². The van der Waals surface area contributed by atoms with E-state index < -0.39 is 0 Å². The molecule has 160 valence electrons. The van der Waals surface area contributed by atoms with Gasteiger partial charge in [-0.15, -0.1) is 0 Å². The molecular formula is C25H20N8. The Kier molecular flexibility index (Phi) is 4.36. The first-order valence-electron chi connectivity index (χ1n) is 10.5. The van der Waals surface area contributed by atoms with Crippen LogP contribution in [-0.2, 0) is 0 Å². The highest BCUT2D eigenvalue weighted by Crippen LogP contribution is 2.32. The molecule has 2 N–H and O–H groups in total. The molecule has 8 nitrogen and oxygen atoms in total. The van der Waals surface area contributed by atoms with Crippen LogP contribution in [0.5, 0.6) is 0 Å². The molecule has 0 radical (unpaired) electrons. The molecule has 6 aromatic rings. The van der Waals surface area contributed by atoms with E-state index in [1.165, 1.54) is 0 Å². The predicted octanol–water partition coefficient (Wildman–Crippen LogP) is 4.69. The molecule has 0 saturated heterocycles. The van der Waals surface area contributed by atoms with Gasteiger partial charge < -0.3 is 9.88 Å². The van der Waals surface area contributed by atoms with Crippen LogP contribution in [0.25, 0.3) is 56.0 Å². The van der Waals surface area contributed by atoms with Crippen LogP contribution in [0.2, 0.25) is 0 Å². The van der Waals surface area contributed by atoms with Gasteiger partial charge in [0, 0.05) is 49.2 Å². The molecule has 0 bridgehead atoms. The van der Waals surface area contributed by atoms with Gasteiger partial charge in [0.25, 0.3) is 0 Å². The lowest BCUT2D eigenvalue weighted by Gasteiger charge is -2.12. The first kappa shape index (κ1) is 19.1. The van der Waals surface area contributed by atoms with Gasteiger partial charge in [0.2, 0.25) is 0 Å². The number of fused-ring (bicyclic) bond motifs is 2. The fourth-order valence-corrected chi connectivity index (χ4v) is 3.95. The molecule has 8 heteroatoms. The molecule has 0 amide bonds. The summed E-state index contributed by atoms with van der Waals surface area (Å²) in [6, 6.07) is 15.9. The number of pyridine rings is 4. The summed E-state index contributed by atoms with van der Waals surface area (Å²) in [4.78, 5) is 23.8. The Bertz CT molecular complexity index is 1600. The van der Waals surface area contributed by atoms with E-state index in [2.05, 4.69) is 42.3 Å². The first-order valence-corrected chi connectivity index (χ1v) is 10.5. The highest BCUT2D eigenvalue weighted by molar-refractivity contribution is 5.98. The molecule has 33 heavy (non-hydrogen) atoms. The minimum atomic E-state index is 0.756. The lowest BCUT2D eigenvalue weighted by Crippen LogP contribution is -2.08. The predicted molar refractivity (Wildman–Crippen MR) is 130 cm³/mol. The van der Waals surface area contributed by atoms with Gasteiger partial charge in [-0.05, 0) is 42.5 Å². The zero-order chi connectivity index (χ0) is 22.4. The van der Waals surface area contributed by atoms with Crippen LogP contribution in [0.15, 0.2) is 73.3 Å². The van der Waals surface area contributed by atoms with Crippen LogP contribution in [0.3, 0.4) is 0 Å². The topological polar surface area (TPSA) is 99.3 Å². The smallest absolute Gasteiger partial charge is 0.135 e. The molecule has 0 aliphatic rings. The number of rotatable bonds is 4. The van der Waals surface area contributed by atoms with Gasteiger partial charge >= 0.3 is 0 Å². The third-order valence-corrected chi connectivity index (χ3v) is 5.65. The number of aromatic nitrogens is 7. The highest BCUT2D eigenvalue weighted by atomic mass is 15.1. The Hall–Kier alpha value is -4.59. The summed E-state index contributed by atoms with van der Waals surface area (Å²) < 4.78 is 0. The second kappa shape index (κ2) is 7.52. The van der Waals surface area contributed by atoms with Crippen LogP contribution >= 0.6 is 0 Å². The van der Waals surface area contributed by atoms with Crippen molar-refractivity contribution < 1.29 is 0 Å². The van der Waals surface area contributed by atoms with Crippen LogP contribution < -0.4 is 4.90 Å². The molecule has 0 aliphatic heterocycles. The Morgan fingerprint density at radius 3 is 2.61 bits per heavy atom. The number of nitrogens with zero attached hydrogens (tertiary/aromatic N) is 6.